The van der Waals surface area contributed by atoms with Crippen molar-refractivity contribution < 1.29 is 19.1 Å². The summed E-state index contributed by atoms with van der Waals surface area (Å²) in [6, 6.07) is 11.2. The van der Waals surface area contributed by atoms with Crippen LogP contribution in [0.15, 0.2) is 47.4 Å². The van der Waals surface area contributed by atoms with Gasteiger partial charge in [0, 0.05) is 4.47 Å². The third-order valence-electron chi connectivity index (χ3n) is 4.91. The van der Waals surface area contributed by atoms with Crippen LogP contribution in [0, 0.1) is 0 Å². The van der Waals surface area contributed by atoms with E-state index in [9.17, 15) is 9.59 Å². The zero-order chi connectivity index (χ0) is 24.9. The molecule has 0 amide bonds. The van der Waals surface area contributed by atoms with E-state index in [4.69, 9.17) is 4.74 Å². The Kier molecular flexibility index (Phi) is 13.4. The molecule has 0 unspecified atom stereocenters. The minimum Gasteiger partial charge on any atom is -0.465 e. The Morgan fingerprint density at radius 1 is 0.765 bits per heavy atom. The van der Waals surface area contributed by atoms with Crippen LogP contribution in [-0.2, 0) is 20.3 Å². The topological polar surface area (TPSA) is 52.6 Å². The van der Waals surface area contributed by atoms with Crippen LogP contribution in [0.5, 0.6) is 0 Å². The number of methoxy groups -OCH3 is 2. The lowest BCUT2D eigenvalue weighted by Crippen LogP contribution is -2.14. The van der Waals surface area contributed by atoms with Gasteiger partial charge in [-0.2, -0.15) is 0 Å². The zero-order valence-corrected chi connectivity index (χ0v) is 22.3. The van der Waals surface area contributed by atoms with Crippen LogP contribution in [0.3, 0.4) is 0 Å². The molecule has 5 heteroatoms. The van der Waals surface area contributed by atoms with Crippen molar-refractivity contribution in [1.29, 1.82) is 0 Å². The molecule has 2 rings (SSSR count). The van der Waals surface area contributed by atoms with Crippen LogP contribution in [0.25, 0.3) is 5.57 Å². The second kappa shape index (κ2) is 13.5. The van der Waals surface area contributed by atoms with Gasteiger partial charge in [-0.3, -0.25) is 0 Å². The molecule has 0 saturated carbocycles. The van der Waals surface area contributed by atoms with Crippen molar-refractivity contribution >= 4 is 33.4 Å². The number of benzene rings is 2. The number of carbonyl (C=O) groups excluding carboxylic acids is 2. The molecule has 0 radical (unpaired) electrons. The summed E-state index contributed by atoms with van der Waals surface area (Å²) in [5.41, 5.74) is 5.58. The minimum atomic E-state index is -0.312. The van der Waals surface area contributed by atoms with Crippen molar-refractivity contribution in [2.24, 2.45) is 0 Å². The SMILES string of the molecule is C.C.C=C(C)c1cc(C(=O)OC)ccc1C(C)(C)C.COC(=O)c1ccc(C(C)(C)C)c(Br)c1. The molecule has 0 atom stereocenters. The van der Waals surface area contributed by atoms with Gasteiger partial charge in [-0.15, -0.1) is 0 Å². The maximum Gasteiger partial charge on any atom is 0.337 e. The highest BCUT2D eigenvalue weighted by molar-refractivity contribution is 9.10. The molecule has 0 saturated heterocycles. The first-order valence-electron chi connectivity index (χ1n) is 10.4. The molecule has 0 heterocycles. The fourth-order valence-electron chi connectivity index (χ4n) is 3.16. The third kappa shape index (κ3) is 9.09. The Bertz CT molecular complexity index is 992. The van der Waals surface area contributed by atoms with Crippen LogP contribution < -0.4 is 0 Å². The van der Waals surface area contributed by atoms with E-state index in [-0.39, 0.29) is 37.6 Å². The van der Waals surface area contributed by atoms with E-state index in [2.05, 4.69) is 68.8 Å². The van der Waals surface area contributed by atoms with Crippen molar-refractivity contribution in [3.63, 3.8) is 0 Å². The number of hydrogen-bond acceptors (Lipinski definition) is 4. The van der Waals surface area contributed by atoms with Gasteiger partial charge in [0.15, 0.2) is 0 Å². The first-order chi connectivity index (χ1) is 14.6. The standard InChI is InChI=1S/C15H20O2.C12H15BrO2.2CH4/c1-10(2)12-9-11(14(16)17-6)7-8-13(12)15(3,4)5;1-12(2,3)9-6-5-8(7-10(9)13)11(14)15-4;;/h7-9H,1H2,2-6H3;5-7H,1-4H3;2*1H4. The average molecular weight is 536 g/mol. The molecule has 2 aromatic rings. The lowest BCUT2D eigenvalue weighted by Gasteiger charge is -2.23. The molecule has 0 spiro atoms. The van der Waals surface area contributed by atoms with Crippen molar-refractivity contribution in [1.82, 2.24) is 0 Å². The van der Waals surface area contributed by atoms with E-state index in [0.717, 1.165) is 15.6 Å². The molecule has 34 heavy (non-hydrogen) atoms. The number of halogens is 1. The Morgan fingerprint density at radius 2 is 1.15 bits per heavy atom. The van der Waals surface area contributed by atoms with Crippen LogP contribution in [0.4, 0.5) is 0 Å². The molecule has 0 aliphatic heterocycles. The summed E-state index contributed by atoms with van der Waals surface area (Å²) in [6.07, 6.45) is 0. The van der Waals surface area contributed by atoms with E-state index >= 15 is 0 Å². The predicted octanol–water partition coefficient (Wildman–Crippen LogP) is 8.61. The molecular formula is C29H43BrO4. The fraction of sp³-hybridized carbons (Fsp3) is 0.448. The molecule has 0 aromatic heterocycles. The molecule has 0 aliphatic rings. The number of esters is 2. The molecule has 4 nitrogen and oxygen atoms in total. The van der Waals surface area contributed by atoms with Crippen LogP contribution in [0.2, 0.25) is 0 Å². The summed E-state index contributed by atoms with van der Waals surface area (Å²) < 4.78 is 10.3. The lowest BCUT2D eigenvalue weighted by atomic mass is 9.81. The number of ether oxygens (including phenoxy) is 2. The highest BCUT2D eigenvalue weighted by Crippen LogP contribution is 2.31. The van der Waals surface area contributed by atoms with Gasteiger partial charge < -0.3 is 9.47 Å². The summed E-state index contributed by atoms with van der Waals surface area (Å²) >= 11 is 3.47. The maximum absolute atomic E-state index is 11.5. The second-order valence-corrected chi connectivity index (χ2v) is 10.6. The quantitative estimate of drug-likeness (QED) is 0.369. The van der Waals surface area contributed by atoms with Gasteiger partial charge in [0.1, 0.15) is 0 Å². The van der Waals surface area contributed by atoms with Crippen LogP contribution >= 0.6 is 15.9 Å². The van der Waals surface area contributed by atoms with Gasteiger partial charge in [-0.25, -0.2) is 9.59 Å². The number of carbonyl (C=O) groups is 2. The number of allylic oxidation sites excluding steroid dienone is 1. The van der Waals surface area contributed by atoms with E-state index in [0.29, 0.717) is 11.1 Å². The Hall–Kier alpha value is -2.40. The van der Waals surface area contributed by atoms with Gasteiger partial charge in [0.2, 0.25) is 0 Å². The number of rotatable bonds is 3. The Morgan fingerprint density at radius 3 is 1.47 bits per heavy atom. The summed E-state index contributed by atoms with van der Waals surface area (Å²) in [5.74, 6) is -0.621. The van der Waals surface area contributed by atoms with E-state index in [1.54, 1.807) is 18.2 Å². The van der Waals surface area contributed by atoms with Crippen LogP contribution in [-0.4, -0.2) is 26.2 Å². The second-order valence-electron chi connectivity index (χ2n) is 9.72. The van der Waals surface area contributed by atoms with Gasteiger partial charge in [0.25, 0.3) is 0 Å². The molecule has 190 valence electrons. The van der Waals surface area contributed by atoms with Gasteiger partial charge in [0.05, 0.1) is 25.3 Å². The predicted molar refractivity (Wildman–Crippen MR) is 149 cm³/mol. The van der Waals surface area contributed by atoms with Gasteiger partial charge in [-0.05, 0) is 58.7 Å². The summed E-state index contributed by atoms with van der Waals surface area (Å²) in [7, 11) is 2.77. The van der Waals surface area contributed by atoms with Crippen molar-refractivity contribution in [3.05, 3.63) is 75.3 Å². The van der Waals surface area contributed by atoms with E-state index in [1.807, 2.05) is 25.1 Å². The van der Waals surface area contributed by atoms with Crippen molar-refractivity contribution in [2.45, 2.75) is 74.1 Å². The molecule has 0 aliphatic carbocycles. The smallest absolute Gasteiger partial charge is 0.337 e. The van der Waals surface area contributed by atoms with Crippen molar-refractivity contribution in [3.8, 4) is 0 Å². The maximum atomic E-state index is 11.5. The molecule has 0 fully saturated rings. The summed E-state index contributed by atoms with van der Waals surface area (Å²) in [4.78, 5) is 22.8. The summed E-state index contributed by atoms with van der Waals surface area (Å²) in [6.45, 7) is 18.7. The lowest BCUT2D eigenvalue weighted by molar-refractivity contribution is 0.0591. The first kappa shape index (κ1) is 33.8. The van der Waals surface area contributed by atoms with Crippen LogP contribution in [0.1, 0.15) is 101 Å². The fourth-order valence-corrected chi connectivity index (χ4v) is 4.14. The third-order valence-corrected chi connectivity index (χ3v) is 5.56. The van der Waals surface area contributed by atoms with Gasteiger partial charge >= 0.3 is 11.9 Å². The minimum absolute atomic E-state index is 0. The largest absolute Gasteiger partial charge is 0.465 e. The van der Waals surface area contributed by atoms with Gasteiger partial charge in [-0.1, -0.05) is 96.6 Å². The Balaban J connectivity index is 0. The van der Waals surface area contributed by atoms with E-state index in [1.165, 1.54) is 25.3 Å². The Labute approximate surface area is 215 Å². The normalized spacial score (nSPS) is 10.5. The highest BCUT2D eigenvalue weighted by Gasteiger charge is 2.20. The number of hydrogen-bond donors (Lipinski definition) is 0. The monoisotopic (exact) mass is 534 g/mol. The first-order valence-corrected chi connectivity index (χ1v) is 11.2. The zero-order valence-electron chi connectivity index (χ0n) is 20.7. The molecule has 2 aromatic carbocycles. The van der Waals surface area contributed by atoms with E-state index < -0.39 is 0 Å². The average Bonchev–Trinajstić information content (AvgIpc) is 2.70. The molecule has 0 N–H and O–H groups in total. The molecule has 0 bridgehead atoms. The molecular weight excluding hydrogens is 492 g/mol. The summed E-state index contributed by atoms with van der Waals surface area (Å²) in [5, 5.41) is 0. The highest BCUT2D eigenvalue weighted by atomic mass is 79.9. The van der Waals surface area contributed by atoms with Crippen molar-refractivity contribution in [2.75, 3.05) is 14.2 Å².